The van der Waals surface area contributed by atoms with Gasteiger partial charge in [-0.2, -0.15) is 13.2 Å². The molecule has 8 heteroatoms. The molecule has 0 saturated carbocycles. The molecule has 152 valence electrons. The van der Waals surface area contributed by atoms with Gasteiger partial charge in [0.15, 0.2) is 6.73 Å². The van der Waals surface area contributed by atoms with Crippen LogP contribution >= 0.6 is 0 Å². The lowest BCUT2D eigenvalue weighted by Gasteiger charge is -2.42. The van der Waals surface area contributed by atoms with Crippen LogP contribution in [-0.4, -0.2) is 35.3 Å². The number of hydrogen-bond acceptors (Lipinski definition) is 4. The number of fused-ring (bicyclic) bond motifs is 1. The zero-order valence-corrected chi connectivity index (χ0v) is 15.9. The van der Waals surface area contributed by atoms with Gasteiger partial charge in [0.05, 0.1) is 17.5 Å². The van der Waals surface area contributed by atoms with Crippen LogP contribution in [0.3, 0.4) is 0 Å². The summed E-state index contributed by atoms with van der Waals surface area (Å²) < 4.78 is 49.5. The highest BCUT2D eigenvalue weighted by Crippen LogP contribution is 2.38. The molecule has 1 heterocycles. The third kappa shape index (κ3) is 4.31. The molecule has 1 aromatic rings. The zero-order valence-electron chi connectivity index (χ0n) is 15.9. The van der Waals surface area contributed by atoms with E-state index in [2.05, 4.69) is 0 Å². The minimum Gasteiger partial charge on any atom is -0.444 e. The number of alkyl halides is 3. The summed E-state index contributed by atoms with van der Waals surface area (Å²) in [6, 6.07) is 4.57. The van der Waals surface area contributed by atoms with Crippen molar-refractivity contribution in [3.63, 3.8) is 0 Å². The van der Waals surface area contributed by atoms with Gasteiger partial charge >= 0.3 is 18.2 Å². The molecule has 0 N–H and O–H groups in total. The van der Waals surface area contributed by atoms with Gasteiger partial charge in [0.25, 0.3) is 0 Å². The molecule has 1 amide bonds. The summed E-state index contributed by atoms with van der Waals surface area (Å²) in [5.74, 6) is -1.10. The van der Waals surface area contributed by atoms with E-state index in [4.69, 9.17) is 9.47 Å². The van der Waals surface area contributed by atoms with Gasteiger partial charge in [0.2, 0.25) is 0 Å². The lowest BCUT2D eigenvalue weighted by Crippen LogP contribution is -2.55. The fraction of sp³-hybridized carbons (Fsp3) is 0.500. The first-order valence-corrected chi connectivity index (χ1v) is 8.98. The predicted octanol–water partition coefficient (Wildman–Crippen LogP) is 4.62. The summed E-state index contributed by atoms with van der Waals surface area (Å²) in [4.78, 5) is 26.1. The van der Waals surface area contributed by atoms with E-state index in [1.54, 1.807) is 32.9 Å². The van der Waals surface area contributed by atoms with E-state index in [0.717, 1.165) is 12.1 Å². The standard InChI is InChI=1S/C20H22F3NO4/c1-19(2,3)28-18(26)24-11-27-17(25)15-10-13(7-8-16(15)24)12-5-4-6-14(9-12)20(21,22)23/h4-7,9,15-16H,8,10-11H2,1-3H3/t15-,16-/m0/s1. The van der Waals surface area contributed by atoms with E-state index in [1.165, 1.54) is 11.0 Å². The maximum Gasteiger partial charge on any atom is 0.416 e. The van der Waals surface area contributed by atoms with Crippen molar-refractivity contribution in [1.82, 2.24) is 4.90 Å². The maximum absolute atomic E-state index is 13.0. The first kappa shape index (κ1) is 20.2. The topological polar surface area (TPSA) is 55.8 Å². The number of nitrogens with zero attached hydrogens (tertiary/aromatic N) is 1. The van der Waals surface area contributed by atoms with Crippen LogP contribution in [0.1, 0.15) is 44.7 Å². The number of amides is 1. The molecule has 0 unspecified atom stereocenters. The Morgan fingerprint density at radius 3 is 2.61 bits per heavy atom. The van der Waals surface area contributed by atoms with Gasteiger partial charge in [-0.15, -0.1) is 0 Å². The quantitative estimate of drug-likeness (QED) is 0.649. The molecule has 3 rings (SSSR count). The monoisotopic (exact) mass is 397 g/mol. The first-order chi connectivity index (χ1) is 13.0. The van der Waals surface area contributed by atoms with E-state index in [1.807, 2.05) is 0 Å². The Bertz CT molecular complexity index is 810. The number of cyclic esters (lactones) is 1. The molecule has 1 fully saturated rings. The van der Waals surface area contributed by atoms with Crippen molar-refractivity contribution in [1.29, 1.82) is 0 Å². The Labute approximate surface area is 161 Å². The number of hydrogen-bond donors (Lipinski definition) is 0. The smallest absolute Gasteiger partial charge is 0.416 e. The molecule has 5 nitrogen and oxygen atoms in total. The Kier molecular flexibility index (Phi) is 5.16. The lowest BCUT2D eigenvalue weighted by molar-refractivity contribution is -0.167. The molecule has 1 aliphatic carbocycles. The van der Waals surface area contributed by atoms with Crippen molar-refractivity contribution in [2.75, 3.05) is 6.73 Å². The highest BCUT2D eigenvalue weighted by molar-refractivity contribution is 5.81. The number of ether oxygens (including phenoxy) is 2. The Balaban J connectivity index is 1.84. The molecular formula is C20H22F3NO4. The molecule has 28 heavy (non-hydrogen) atoms. The van der Waals surface area contributed by atoms with E-state index in [-0.39, 0.29) is 13.2 Å². The second-order valence-electron chi connectivity index (χ2n) is 7.96. The summed E-state index contributed by atoms with van der Waals surface area (Å²) in [5, 5.41) is 0. The summed E-state index contributed by atoms with van der Waals surface area (Å²) in [6.45, 7) is 5.03. The van der Waals surface area contributed by atoms with Crippen molar-refractivity contribution in [2.45, 2.75) is 51.4 Å². The van der Waals surface area contributed by atoms with Gasteiger partial charge in [-0.05, 0) is 56.9 Å². The Morgan fingerprint density at radius 1 is 1.25 bits per heavy atom. The number of allylic oxidation sites excluding steroid dienone is 1. The van der Waals surface area contributed by atoms with Crippen LogP contribution in [0.25, 0.3) is 5.57 Å². The van der Waals surface area contributed by atoms with Gasteiger partial charge in [-0.25, -0.2) is 4.79 Å². The summed E-state index contributed by atoms with van der Waals surface area (Å²) in [5.41, 5.74) is -0.387. The molecule has 1 saturated heterocycles. The van der Waals surface area contributed by atoms with Crippen molar-refractivity contribution in [2.24, 2.45) is 5.92 Å². The van der Waals surface area contributed by atoms with E-state index < -0.39 is 41.4 Å². The van der Waals surface area contributed by atoms with Crippen LogP contribution in [0.2, 0.25) is 0 Å². The summed E-state index contributed by atoms with van der Waals surface area (Å²) >= 11 is 0. The summed E-state index contributed by atoms with van der Waals surface area (Å²) in [6.07, 6.45) is -2.70. The Hall–Kier alpha value is -2.51. The maximum atomic E-state index is 13.0. The fourth-order valence-electron chi connectivity index (χ4n) is 3.44. The molecule has 0 radical (unpaired) electrons. The van der Waals surface area contributed by atoms with E-state index >= 15 is 0 Å². The van der Waals surface area contributed by atoms with Gasteiger partial charge < -0.3 is 9.47 Å². The minimum atomic E-state index is -4.44. The van der Waals surface area contributed by atoms with Gasteiger partial charge in [0.1, 0.15) is 5.60 Å². The first-order valence-electron chi connectivity index (χ1n) is 8.98. The van der Waals surface area contributed by atoms with Gasteiger partial charge in [-0.1, -0.05) is 18.2 Å². The highest BCUT2D eigenvalue weighted by Gasteiger charge is 2.44. The van der Waals surface area contributed by atoms with Crippen molar-refractivity contribution >= 4 is 17.6 Å². The number of halogens is 3. The third-order valence-corrected chi connectivity index (χ3v) is 4.75. The molecule has 0 aromatic heterocycles. The number of rotatable bonds is 1. The Morgan fingerprint density at radius 2 is 1.96 bits per heavy atom. The van der Waals surface area contributed by atoms with Gasteiger partial charge in [0, 0.05) is 0 Å². The number of esters is 1. The third-order valence-electron chi connectivity index (χ3n) is 4.75. The molecule has 0 bridgehead atoms. The molecule has 2 aliphatic rings. The van der Waals surface area contributed by atoms with Crippen LogP contribution in [-0.2, 0) is 20.4 Å². The second-order valence-corrected chi connectivity index (χ2v) is 7.96. The van der Waals surface area contributed by atoms with Gasteiger partial charge in [-0.3, -0.25) is 9.69 Å². The van der Waals surface area contributed by atoms with Crippen LogP contribution in [0, 0.1) is 5.92 Å². The van der Waals surface area contributed by atoms with E-state index in [9.17, 15) is 22.8 Å². The minimum absolute atomic E-state index is 0.193. The lowest BCUT2D eigenvalue weighted by atomic mass is 9.80. The van der Waals surface area contributed by atoms with E-state index in [0.29, 0.717) is 17.6 Å². The molecule has 2 atom stereocenters. The van der Waals surface area contributed by atoms with Crippen LogP contribution in [0.4, 0.5) is 18.0 Å². The SMILES string of the molecule is CC(C)(C)OC(=O)N1COC(=O)[C@H]2CC(c3cccc(C(F)(F)F)c3)=CC[C@@H]21. The molecule has 0 spiro atoms. The molecule has 1 aromatic carbocycles. The average Bonchev–Trinajstić information content (AvgIpc) is 2.60. The summed E-state index contributed by atoms with van der Waals surface area (Å²) in [7, 11) is 0. The van der Waals surface area contributed by atoms with Crippen molar-refractivity contribution < 1.29 is 32.2 Å². The molecular weight excluding hydrogens is 375 g/mol. The fourth-order valence-corrected chi connectivity index (χ4v) is 3.44. The van der Waals surface area contributed by atoms with Crippen molar-refractivity contribution in [3.8, 4) is 0 Å². The largest absolute Gasteiger partial charge is 0.444 e. The van der Waals surface area contributed by atoms with Crippen LogP contribution in [0.15, 0.2) is 30.3 Å². The van der Waals surface area contributed by atoms with Crippen LogP contribution in [0.5, 0.6) is 0 Å². The highest BCUT2D eigenvalue weighted by atomic mass is 19.4. The second kappa shape index (κ2) is 7.14. The normalized spacial score (nSPS) is 22.9. The zero-order chi connectivity index (χ0) is 20.7. The van der Waals surface area contributed by atoms with Crippen LogP contribution < -0.4 is 0 Å². The number of carbonyl (C=O) groups excluding carboxylic acids is 2. The van der Waals surface area contributed by atoms with Crippen molar-refractivity contribution in [3.05, 3.63) is 41.5 Å². The number of benzene rings is 1. The number of carbonyl (C=O) groups is 2. The predicted molar refractivity (Wildman–Crippen MR) is 95.0 cm³/mol. The average molecular weight is 397 g/mol. The molecule has 1 aliphatic heterocycles.